The van der Waals surface area contributed by atoms with E-state index < -0.39 is 0 Å². The van der Waals surface area contributed by atoms with Crippen LogP contribution in [0.1, 0.15) is 37.0 Å². The van der Waals surface area contributed by atoms with Crippen LogP contribution < -0.4 is 4.74 Å². The van der Waals surface area contributed by atoms with Gasteiger partial charge in [-0.2, -0.15) is 5.10 Å². The minimum atomic E-state index is -0.128. The molecule has 5 heteroatoms. The molecule has 0 bridgehead atoms. The maximum absolute atomic E-state index is 9.25. The predicted octanol–water partition coefficient (Wildman–Crippen LogP) is 2.24. The van der Waals surface area contributed by atoms with Gasteiger partial charge in [-0.15, -0.1) is 0 Å². The molecule has 0 atom stereocenters. The van der Waals surface area contributed by atoms with E-state index in [-0.39, 0.29) is 6.61 Å². The van der Waals surface area contributed by atoms with Crippen LogP contribution in [0.25, 0.3) is 0 Å². The van der Waals surface area contributed by atoms with E-state index in [9.17, 15) is 5.11 Å². The molecule has 5 nitrogen and oxygen atoms in total. The average Bonchev–Trinajstić information content (AvgIpc) is 2.86. The fourth-order valence-corrected chi connectivity index (χ4v) is 1.74. The first-order valence-electron chi connectivity index (χ1n) is 6.34. The van der Waals surface area contributed by atoms with Gasteiger partial charge in [0, 0.05) is 17.9 Å². The van der Waals surface area contributed by atoms with Crippen LogP contribution in [0.5, 0.6) is 5.75 Å². The van der Waals surface area contributed by atoms with Crippen molar-refractivity contribution in [1.29, 1.82) is 0 Å². The van der Waals surface area contributed by atoms with Crippen molar-refractivity contribution >= 4 is 0 Å². The fourth-order valence-electron chi connectivity index (χ4n) is 1.74. The third kappa shape index (κ3) is 3.32. The lowest BCUT2D eigenvalue weighted by atomic mass is 10.3. The Balaban J connectivity index is 2.05. The standard InChI is InChI=1S/C14H19N3O2/c1-10(2)17-7-6-12(16-17)9-19-14-5-4-11(3)15-13(14)8-18/h4-7,10,18H,8-9H2,1-3H3. The van der Waals surface area contributed by atoms with Crippen molar-refractivity contribution < 1.29 is 9.84 Å². The molecule has 0 aliphatic carbocycles. The third-order valence-corrected chi connectivity index (χ3v) is 2.79. The zero-order valence-electron chi connectivity index (χ0n) is 11.5. The highest BCUT2D eigenvalue weighted by atomic mass is 16.5. The molecule has 0 spiro atoms. The first kappa shape index (κ1) is 13.5. The zero-order chi connectivity index (χ0) is 13.8. The van der Waals surface area contributed by atoms with Crippen molar-refractivity contribution in [3.8, 4) is 5.75 Å². The minimum absolute atomic E-state index is 0.128. The van der Waals surface area contributed by atoms with E-state index in [2.05, 4.69) is 23.9 Å². The molecule has 0 aromatic carbocycles. The first-order valence-corrected chi connectivity index (χ1v) is 6.34. The molecule has 0 saturated heterocycles. The topological polar surface area (TPSA) is 60.2 Å². The molecule has 1 N–H and O–H groups in total. The number of rotatable bonds is 5. The number of aromatic nitrogens is 3. The molecule has 2 aromatic rings. The highest BCUT2D eigenvalue weighted by Crippen LogP contribution is 2.18. The monoisotopic (exact) mass is 261 g/mol. The van der Waals surface area contributed by atoms with Gasteiger partial charge in [0.05, 0.1) is 12.3 Å². The van der Waals surface area contributed by atoms with E-state index >= 15 is 0 Å². The lowest BCUT2D eigenvalue weighted by Gasteiger charge is -2.09. The summed E-state index contributed by atoms with van der Waals surface area (Å²) in [6.45, 7) is 6.28. The van der Waals surface area contributed by atoms with Crippen molar-refractivity contribution in [2.45, 2.75) is 40.0 Å². The van der Waals surface area contributed by atoms with Crippen LogP contribution >= 0.6 is 0 Å². The highest BCUT2D eigenvalue weighted by Gasteiger charge is 2.07. The Labute approximate surface area is 112 Å². The van der Waals surface area contributed by atoms with E-state index in [1.54, 1.807) is 0 Å². The molecule has 0 aliphatic heterocycles. The molecule has 2 heterocycles. The van der Waals surface area contributed by atoms with Gasteiger partial charge in [0.15, 0.2) is 0 Å². The fraction of sp³-hybridized carbons (Fsp3) is 0.429. The molecule has 0 amide bonds. The van der Waals surface area contributed by atoms with Crippen LogP contribution in [-0.2, 0) is 13.2 Å². The van der Waals surface area contributed by atoms with Crippen molar-refractivity contribution in [3.05, 3.63) is 41.5 Å². The lowest BCUT2D eigenvalue weighted by Crippen LogP contribution is -2.05. The second kappa shape index (κ2) is 5.84. The van der Waals surface area contributed by atoms with Crippen molar-refractivity contribution in [3.63, 3.8) is 0 Å². The van der Waals surface area contributed by atoms with E-state index in [0.29, 0.717) is 24.1 Å². The number of pyridine rings is 1. The molecule has 102 valence electrons. The number of hydrogen-bond donors (Lipinski definition) is 1. The summed E-state index contributed by atoms with van der Waals surface area (Å²) in [5, 5.41) is 13.7. The zero-order valence-corrected chi connectivity index (χ0v) is 11.5. The van der Waals surface area contributed by atoms with Crippen molar-refractivity contribution in [1.82, 2.24) is 14.8 Å². The van der Waals surface area contributed by atoms with Gasteiger partial charge in [-0.25, -0.2) is 0 Å². The van der Waals surface area contributed by atoms with E-state index in [4.69, 9.17) is 4.74 Å². The van der Waals surface area contributed by atoms with Crippen molar-refractivity contribution in [2.75, 3.05) is 0 Å². The Bertz CT molecular complexity index is 549. The third-order valence-electron chi connectivity index (χ3n) is 2.79. The van der Waals surface area contributed by atoms with Gasteiger partial charge < -0.3 is 9.84 Å². The SMILES string of the molecule is Cc1ccc(OCc2ccn(C(C)C)n2)c(CO)n1. The highest BCUT2D eigenvalue weighted by molar-refractivity contribution is 5.28. The largest absolute Gasteiger partial charge is 0.485 e. The smallest absolute Gasteiger partial charge is 0.143 e. The Morgan fingerprint density at radius 1 is 1.32 bits per heavy atom. The number of hydrogen-bond acceptors (Lipinski definition) is 4. The molecule has 2 aromatic heterocycles. The first-order chi connectivity index (χ1) is 9.10. The van der Waals surface area contributed by atoms with Gasteiger partial charge >= 0.3 is 0 Å². The quantitative estimate of drug-likeness (QED) is 0.896. The van der Waals surface area contributed by atoms with Crippen LogP contribution in [0.3, 0.4) is 0 Å². The van der Waals surface area contributed by atoms with Gasteiger partial charge in [0.25, 0.3) is 0 Å². The summed E-state index contributed by atoms with van der Waals surface area (Å²) in [7, 11) is 0. The van der Waals surface area contributed by atoms with Gasteiger partial charge in [0.1, 0.15) is 18.1 Å². The lowest BCUT2D eigenvalue weighted by molar-refractivity contribution is 0.251. The molecular formula is C14H19N3O2. The van der Waals surface area contributed by atoms with Crippen LogP contribution in [0.4, 0.5) is 0 Å². The maximum Gasteiger partial charge on any atom is 0.143 e. The van der Waals surface area contributed by atoms with E-state index in [1.165, 1.54) is 0 Å². The van der Waals surface area contributed by atoms with Crippen LogP contribution in [0, 0.1) is 6.92 Å². The summed E-state index contributed by atoms with van der Waals surface area (Å²) in [6, 6.07) is 5.96. The van der Waals surface area contributed by atoms with Crippen LogP contribution in [-0.4, -0.2) is 19.9 Å². The summed E-state index contributed by atoms with van der Waals surface area (Å²) in [4.78, 5) is 4.24. The van der Waals surface area contributed by atoms with Gasteiger partial charge in [0.2, 0.25) is 0 Å². The number of aliphatic hydroxyl groups excluding tert-OH is 1. The summed E-state index contributed by atoms with van der Waals surface area (Å²) >= 11 is 0. The van der Waals surface area contributed by atoms with Gasteiger partial charge in [-0.1, -0.05) is 0 Å². The van der Waals surface area contributed by atoms with Gasteiger partial charge in [-0.05, 0) is 39.0 Å². The summed E-state index contributed by atoms with van der Waals surface area (Å²) in [5.74, 6) is 0.604. The molecule has 0 saturated carbocycles. The second-order valence-electron chi connectivity index (χ2n) is 4.73. The Kier molecular flexibility index (Phi) is 4.16. The number of nitrogens with zero attached hydrogens (tertiary/aromatic N) is 3. The Morgan fingerprint density at radius 3 is 2.74 bits per heavy atom. The predicted molar refractivity (Wildman–Crippen MR) is 71.8 cm³/mol. The molecular weight excluding hydrogens is 242 g/mol. The summed E-state index contributed by atoms with van der Waals surface area (Å²) in [6.07, 6.45) is 1.93. The van der Waals surface area contributed by atoms with E-state index in [0.717, 1.165) is 11.4 Å². The van der Waals surface area contributed by atoms with Crippen LogP contribution in [0.2, 0.25) is 0 Å². The minimum Gasteiger partial charge on any atom is -0.485 e. The molecule has 19 heavy (non-hydrogen) atoms. The normalized spacial score (nSPS) is 11.0. The van der Waals surface area contributed by atoms with Crippen molar-refractivity contribution in [2.24, 2.45) is 0 Å². The number of aryl methyl sites for hydroxylation is 1. The second-order valence-corrected chi connectivity index (χ2v) is 4.73. The Morgan fingerprint density at radius 2 is 2.11 bits per heavy atom. The summed E-state index contributed by atoms with van der Waals surface area (Å²) < 4.78 is 7.55. The summed E-state index contributed by atoms with van der Waals surface area (Å²) in [5.41, 5.74) is 2.28. The molecule has 2 rings (SSSR count). The number of ether oxygens (including phenoxy) is 1. The van der Waals surface area contributed by atoms with Crippen LogP contribution in [0.15, 0.2) is 24.4 Å². The average molecular weight is 261 g/mol. The number of aliphatic hydroxyl groups is 1. The molecule has 0 unspecified atom stereocenters. The molecule has 0 fully saturated rings. The molecule has 0 radical (unpaired) electrons. The van der Waals surface area contributed by atoms with Gasteiger partial charge in [-0.3, -0.25) is 9.67 Å². The van der Waals surface area contributed by atoms with E-state index in [1.807, 2.05) is 36.0 Å². The maximum atomic E-state index is 9.25. The molecule has 0 aliphatic rings. The Hall–Kier alpha value is -1.88.